The van der Waals surface area contributed by atoms with Crippen LogP contribution in [0, 0.1) is 11.7 Å². The standard InChI is InChI=1S/C26H35FN4O.HI/c1-2-28-26(29-18-22-14-17-32-25(22)21-6-4-3-5-7-21)30-24-12-15-31(16-13-24)19-20-8-10-23(27)11-9-20;/h3-11,22,24-25H,2,12-19H2,1H3,(H2,28,29,30);1H. The highest BCUT2D eigenvalue weighted by Gasteiger charge is 2.29. The molecule has 2 aromatic carbocycles. The Bertz CT molecular complexity index is 856. The van der Waals surface area contributed by atoms with Gasteiger partial charge in [-0.05, 0) is 49.4 Å². The van der Waals surface area contributed by atoms with E-state index in [2.05, 4.69) is 46.7 Å². The Hall–Kier alpha value is -1.71. The number of rotatable bonds is 7. The van der Waals surface area contributed by atoms with Crippen LogP contribution in [-0.2, 0) is 11.3 Å². The summed E-state index contributed by atoms with van der Waals surface area (Å²) in [4.78, 5) is 7.37. The molecule has 2 aliphatic rings. The minimum absolute atomic E-state index is 0. The number of benzene rings is 2. The quantitative estimate of drug-likeness (QED) is 0.289. The van der Waals surface area contributed by atoms with Crippen molar-refractivity contribution in [3.8, 4) is 0 Å². The molecule has 0 radical (unpaired) electrons. The fraction of sp³-hybridized carbons (Fsp3) is 0.500. The normalized spacial score (nSPS) is 22.1. The summed E-state index contributed by atoms with van der Waals surface area (Å²) in [6.45, 7) is 7.45. The lowest BCUT2D eigenvalue weighted by atomic mass is 9.95. The van der Waals surface area contributed by atoms with Gasteiger partial charge in [0.05, 0.1) is 6.10 Å². The average molecular weight is 567 g/mol. The Labute approximate surface area is 214 Å². The van der Waals surface area contributed by atoms with E-state index in [0.717, 1.165) is 64.6 Å². The number of halogens is 2. The molecule has 2 N–H and O–H groups in total. The largest absolute Gasteiger partial charge is 0.373 e. The van der Waals surface area contributed by atoms with Gasteiger partial charge in [0.1, 0.15) is 5.82 Å². The first-order chi connectivity index (χ1) is 15.7. The third-order valence-electron chi connectivity index (χ3n) is 6.42. The Kier molecular flexibility index (Phi) is 10.4. The van der Waals surface area contributed by atoms with Crippen LogP contribution < -0.4 is 10.6 Å². The maximum atomic E-state index is 13.1. The summed E-state index contributed by atoms with van der Waals surface area (Å²) in [5.41, 5.74) is 2.41. The van der Waals surface area contributed by atoms with Crippen LogP contribution >= 0.6 is 24.0 Å². The number of likely N-dealkylation sites (tertiary alicyclic amines) is 1. The Morgan fingerprint density at radius 2 is 1.79 bits per heavy atom. The third kappa shape index (κ3) is 7.65. The van der Waals surface area contributed by atoms with E-state index >= 15 is 0 Å². The zero-order valence-corrected chi connectivity index (χ0v) is 21.7. The number of guanidine groups is 1. The second kappa shape index (κ2) is 13.2. The van der Waals surface area contributed by atoms with E-state index in [1.807, 2.05) is 18.2 Å². The SMILES string of the molecule is CCNC(=NCC1CCOC1c1ccccc1)NC1CCN(Cc2ccc(F)cc2)CC1.I. The molecule has 2 unspecified atom stereocenters. The van der Waals surface area contributed by atoms with Crippen molar-refractivity contribution in [1.82, 2.24) is 15.5 Å². The summed E-state index contributed by atoms with van der Waals surface area (Å²) < 4.78 is 19.1. The number of aliphatic imine (C=N–C) groups is 1. The summed E-state index contributed by atoms with van der Waals surface area (Å²) in [7, 11) is 0. The summed E-state index contributed by atoms with van der Waals surface area (Å²) in [6, 6.07) is 17.8. The predicted octanol–water partition coefficient (Wildman–Crippen LogP) is 4.74. The Morgan fingerprint density at radius 3 is 2.48 bits per heavy atom. The molecule has 7 heteroatoms. The lowest BCUT2D eigenvalue weighted by molar-refractivity contribution is 0.0925. The highest BCUT2D eigenvalue weighted by molar-refractivity contribution is 14.0. The van der Waals surface area contributed by atoms with Crippen LogP contribution in [0.2, 0.25) is 0 Å². The summed E-state index contributed by atoms with van der Waals surface area (Å²) in [5.74, 6) is 1.14. The van der Waals surface area contributed by atoms with Gasteiger partial charge in [0.2, 0.25) is 0 Å². The van der Waals surface area contributed by atoms with Gasteiger partial charge in [-0.25, -0.2) is 4.39 Å². The van der Waals surface area contributed by atoms with Gasteiger partial charge < -0.3 is 15.4 Å². The molecule has 2 saturated heterocycles. The van der Waals surface area contributed by atoms with Crippen LogP contribution in [-0.4, -0.2) is 49.7 Å². The molecular weight excluding hydrogens is 530 g/mol. The molecule has 0 amide bonds. The van der Waals surface area contributed by atoms with E-state index in [0.29, 0.717) is 12.0 Å². The highest BCUT2D eigenvalue weighted by Crippen LogP contribution is 2.34. The first-order valence-electron chi connectivity index (χ1n) is 11.9. The van der Waals surface area contributed by atoms with Gasteiger partial charge in [0.25, 0.3) is 0 Å². The summed E-state index contributed by atoms with van der Waals surface area (Å²) in [5, 5.41) is 7.06. The second-order valence-electron chi connectivity index (χ2n) is 8.79. The van der Waals surface area contributed by atoms with Crippen LogP contribution in [0.15, 0.2) is 59.6 Å². The maximum Gasteiger partial charge on any atom is 0.191 e. The van der Waals surface area contributed by atoms with Crippen molar-refractivity contribution in [1.29, 1.82) is 0 Å². The lowest BCUT2D eigenvalue weighted by Gasteiger charge is -2.33. The molecule has 2 aromatic rings. The van der Waals surface area contributed by atoms with Crippen molar-refractivity contribution in [2.75, 3.05) is 32.8 Å². The molecule has 4 rings (SSSR count). The number of hydrogen-bond donors (Lipinski definition) is 2. The van der Waals surface area contributed by atoms with Gasteiger partial charge in [-0.2, -0.15) is 0 Å². The number of ether oxygens (including phenoxy) is 1. The Balaban J connectivity index is 0.00000306. The Morgan fingerprint density at radius 1 is 1.06 bits per heavy atom. The molecule has 0 aromatic heterocycles. The summed E-state index contributed by atoms with van der Waals surface area (Å²) >= 11 is 0. The van der Waals surface area contributed by atoms with Gasteiger partial charge in [-0.15, -0.1) is 24.0 Å². The minimum Gasteiger partial charge on any atom is -0.373 e. The monoisotopic (exact) mass is 566 g/mol. The van der Waals surface area contributed by atoms with Crippen molar-refractivity contribution in [2.45, 2.75) is 44.9 Å². The zero-order valence-electron chi connectivity index (χ0n) is 19.4. The van der Waals surface area contributed by atoms with Crippen LogP contribution in [0.5, 0.6) is 0 Å². The molecule has 0 aliphatic carbocycles. The van der Waals surface area contributed by atoms with E-state index in [4.69, 9.17) is 9.73 Å². The highest BCUT2D eigenvalue weighted by atomic mass is 127. The maximum absolute atomic E-state index is 13.1. The molecule has 0 spiro atoms. The van der Waals surface area contributed by atoms with E-state index in [-0.39, 0.29) is 35.9 Å². The van der Waals surface area contributed by atoms with Gasteiger partial charge in [0, 0.05) is 51.3 Å². The van der Waals surface area contributed by atoms with Crippen LogP contribution in [0.1, 0.15) is 43.4 Å². The third-order valence-corrected chi connectivity index (χ3v) is 6.42. The van der Waals surface area contributed by atoms with Gasteiger partial charge in [-0.1, -0.05) is 42.5 Å². The van der Waals surface area contributed by atoms with Crippen molar-refractivity contribution >= 4 is 29.9 Å². The van der Waals surface area contributed by atoms with Gasteiger partial charge in [-0.3, -0.25) is 9.89 Å². The van der Waals surface area contributed by atoms with Crippen molar-refractivity contribution in [2.24, 2.45) is 10.9 Å². The lowest BCUT2D eigenvalue weighted by Crippen LogP contribution is -2.48. The number of piperidine rings is 1. The molecule has 2 atom stereocenters. The molecular formula is C26H36FIN4O. The number of nitrogens with one attached hydrogen (secondary N) is 2. The summed E-state index contributed by atoms with van der Waals surface area (Å²) in [6.07, 6.45) is 3.33. The molecule has 33 heavy (non-hydrogen) atoms. The molecule has 2 aliphatic heterocycles. The molecule has 0 saturated carbocycles. The van der Waals surface area contributed by atoms with Gasteiger partial charge in [0.15, 0.2) is 5.96 Å². The fourth-order valence-electron chi connectivity index (χ4n) is 4.64. The van der Waals surface area contributed by atoms with Crippen molar-refractivity contribution in [3.05, 3.63) is 71.5 Å². The second-order valence-corrected chi connectivity index (χ2v) is 8.79. The first-order valence-corrected chi connectivity index (χ1v) is 11.9. The van der Waals surface area contributed by atoms with E-state index in [1.165, 1.54) is 11.1 Å². The molecule has 180 valence electrons. The average Bonchev–Trinajstić information content (AvgIpc) is 3.30. The number of nitrogens with zero attached hydrogens (tertiary/aromatic N) is 2. The molecule has 0 bridgehead atoms. The topological polar surface area (TPSA) is 48.9 Å². The minimum atomic E-state index is -0.175. The van der Waals surface area contributed by atoms with E-state index in [9.17, 15) is 4.39 Å². The zero-order chi connectivity index (χ0) is 22.2. The van der Waals surface area contributed by atoms with Gasteiger partial charge >= 0.3 is 0 Å². The number of hydrogen-bond acceptors (Lipinski definition) is 3. The first kappa shape index (κ1) is 25.9. The van der Waals surface area contributed by atoms with E-state index < -0.39 is 0 Å². The predicted molar refractivity (Wildman–Crippen MR) is 142 cm³/mol. The smallest absolute Gasteiger partial charge is 0.191 e. The van der Waals surface area contributed by atoms with Crippen molar-refractivity contribution in [3.63, 3.8) is 0 Å². The molecule has 5 nitrogen and oxygen atoms in total. The van der Waals surface area contributed by atoms with Crippen molar-refractivity contribution < 1.29 is 9.13 Å². The fourth-order valence-corrected chi connectivity index (χ4v) is 4.64. The molecule has 2 fully saturated rings. The molecule has 2 heterocycles. The van der Waals surface area contributed by atoms with Crippen LogP contribution in [0.3, 0.4) is 0 Å². The van der Waals surface area contributed by atoms with Crippen LogP contribution in [0.25, 0.3) is 0 Å². The van der Waals surface area contributed by atoms with Crippen LogP contribution in [0.4, 0.5) is 4.39 Å². The van der Waals surface area contributed by atoms with E-state index in [1.54, 1.807) is 12.1 Å².